The van der Waals surface area contributed by atoms with Gasteiger partial charge in [-0.15, -0.1) is 11.3 Å². The number of hydrogen-bond donors (Lipinski definition) is 0. The van der Waals surface area contributed by atoms with Crippen LogP contribution in [0.3, 0.4) is 0 Å². The minimum atomic E-state index is 0.131. The first-order valence-corrected chi connectivity index (χ1v) is 7.78. The van der Waals surface area contributed by atoms with Gasteiger partial charge in [0.05, 0.1) is 4.88 Å². The average molecular weight is 292 g/mol. The van der Waals surface area contributed by atoms with Crippen LogP contribution in [-0.2, 0) is 6.42 Å². The van der Waals surface area contributed by atoms with Gasteiger partial charge < -0.3 is 0 Å². The Balaban J connectivity index is 1.97. The van der Waals surface area contributed by atoms with Crippen molar-refractivity contribution in [1.82, 2.24) is 0 Å². The second-order valence-corrected chi connectivity index (χ2v) is 6.12. The Kier molecular flexibility index (Phi) is 3.98. The van der Waals surface area contributed by atoms with Crippen molar-refractivity contribution in [1.29, 1.82) is 0 Å². The fraction of sp³-hybridized carbons (Fsp3) is 0.105. The van der Waals surface area contributed by atoms with Crippen LogP contribution < -0.4 is 0 Å². The molecule has 0 spiro atoms. The maximum Gasteiger partial charge on any atom is 0.169 e. The zero-order valence-corrected chi connectivity index (χ0v) is 12.7. The van der Waals surface area contributed by atoms with E-state index < -0.39 is 0 Å². The number of ketones is 1. The molecule has 0 unspecified atom stereocenters. The van der Waals surface area contributed by atoms with Gasteiger partial charge in [-0.3, -0.25) is 4.79 Å². The molecule has 0 atom stereocenters. The molecule has 0 aliphatic rings. The quantitative estimate of drug-likeness (QED) is 0.603. The lowest BCUT2D eigenvalue weighted by atomic mass is 9.99. The first kappa shape index (κ1) is 13.8. The molecule has 0 bridgehead atoms. The van der Waals surface area contributed by atoms with Crippen LogP contribution in [0.2, 0.25) is 0 Å². The zero-order valence-electron chi connectivity index (χ0n) is 11.9. The lowest BCUT2D eigenvalue weighted by molar-refractivity contribution is 0.102. The van der Waals surface area contributed by atoms with E-state index in [1.807, 2.05) is 18.2 Å². The van der Waals surface area contributed by atoms with Crippen molar-refractivity contribution in [2.24, 2.45) is 0 Å². The predicted molar refractivity (Wildman–Crippen MR) is 89.0 cm³/mol. The van der Waals surface area contributed by atoms with Crippen molar-refractivity contribution in [2.75, 3.05) is 0 Å². The standard InChI is InChI=1S/C19H16OS/c1-14(20)18-11-12-19(21-18)17-10-6-5-9-16(17)13-15-7-3-2-4-8-15/h2-12H,13H2,1H3. The Bertz CT molecular complexity index is 756. The highest BCUT2D eigenvalue weighted by atomic mass is 32.1. The van der Waals surface area contributed by atoms with Crippen LogP contribution >= 0.6 is 11.3 Å². The summed E-state index contributed by atoms with van der Waals surface area (Å²) in [7, 11) is 0. The number of benzene rings is 2. The Hall–Kier alpha value is -2.19. The molecular weight excluding hydrogens is 276 g/mol. The smallest absolute Gasteiger partial charge is 0.169 e. The first-order chi connectivity index (χ1) is 10.2. The molecule has 1 heterocycles. The molecule has 3 aromatic rings. The Morgan fingerprint density at radius 1 is 0.905 bits per heavy atom. The first-order valence-electron chi connectivity index (χ1n) is 6.97. The van der Waals surface area contributed by atoms with Gasteiger partial charge in [0.2, 0.25) is 0 Å². The molecule has 0 saturated heterocycles. The largest absolute Gasteiger partial charge is 0.294 e. The maximum absolute atomic E-state index is 11.5. The van der Waals surface area contributed by atoms with Gasteiger partial charge in [0, 0.05) is 4.88 Å². The SMILES string of the molecule is CC(=O)c1ccc(-c2ccccc2Cc2ccccc2)s1. The molecule has 0 aliphatic heterocycles. The molecule has 21 heavy (non-hydrogen) atoms. The van der Waals surface area contributed by atoms with E-state index in [1.54, 1.807) is 18.3 Å². The monoisotopic (exact) mass is 292 g/mol. The molecule has 0 radical (unpaired) electrons. The van der Waals surface area contributed by atoms with Crippen LogP contribution in [0.5, 0.6) is 0 Å². The van der Waals surface area contributed by atoms with Gasteiger partial charge in [0.25, 0.3) is 0 Å². The average Bonchev–Trinajstić information content (AvgIpc) is 2.99. The highest BCUT2D eigenvalue weighted by Crippen LogP contribution is 2.32. The summed E-state index contributed by atoms with van der Waals surface area (Å²) in [5, 5.41) is 0. The second kappa shape index (κ2) is 6.06. The lowest BCUT2D eigenvalue weighted by Crippen LogP contribution is -1.90. The van der Waals surface area contributed by atoms with Crippen LogP contribution in [0.25, 0.3) is 10.4 Å². The third kappa shape index (κ3) is 3.11. The number of hydrogen-bond acceptors (Lipinski definition) is 2. The van der Waals surface area contributed by atoms with E-state index in [9.17, 15) is 4.79 Å². The molecule has 3 rings (SSSR count). The van der Waals surface area contributed by atoms with Crippen molar-refractivity contribution in [3.8, 4) is 10.4 Å². The number of thiophene rings is 1. The molecular formula is C19H16OS. The van der Waals surface area contributed by atoms with Crippen molar-refractivity contribution in [2.45, 2.75) is 13.3 Å². The number of Topliss-reactive ketones (excluding diaryl/α,β-unsaturated/α-hetero) is 1. The topological polar surface area (TPSA) is 17.1 Å². The van der Waals surface area contributed by atoms with Gasteiger partial charge in [-0.25, -0.2) is 0 Å². The predicted octanol–water partition coefficient (Wildman–Crippen LogP) is 5.21. The van der Waals surface area contributed by atoms with Gasteiger partial charge >= 0.3 is 0 Å². The zero-order chi connectivity index (χ0) is 14.7. The summed E-state index contributed by atoms with van der Waals surface area (Å²) in [5.74, 6) is 0.131. The molecule has 0 amide bonds. The fourth-order valence-corrected chi connectivity index (χ4v) is 3.36. The summed E-state index contributed by atoms with van der Waals surface area (Å²) < 4.78 is 0. The summed E-state index contributed by atoms with van der Waals surface area (Å²) in [6.07, 6.45) is 0.907. The van der Waals surface area contributed by atoms with E-state index in [4.69, 9.17) is 0 Å². The van der Waals surface area contributed by atoms with Crippen molar-refractivity contribution in [3.05, 3.63) is 82.7 Å². The lowest BCUT2D eigenvalue weighted by Gasteiger charge is -2.08. The Morgan fingerprint density at radius 3 is 2.33 bits per heavy atom. The van der Waals surface area contributed by atoms with E-state index in [0.717, 1.165) is 16.2 Å². The van der Waals surface area contributed by atoms with Gasteiger partial charge in [0.15, 0.2) is 5.78 Å². The fourth-order valence-electron chi connectivity index (χ4n) is 2.40. The van der Waals surface area contributed by atoms with E-state index in [0.29, 0.717) is 0 Å². The minimum absolute atomic E-state index is 0.131. The number of carbonyl (C=O) groups excluding carboxylic acids is 1. The van der Waals surface area contributed by atoms with Gasteiger partial charge in [-0.1, -0.05) is 54.6 Å². The van der Waals surface area contributed by atoms with Crippen LogP contribution in [0.4, 0.5) is 0 Å². The Morgan fingerprint density at radius 2 is 1.62 bits per heavy atom. The van der Waals surface area contributed by atoms with Crippen LogP contribution in [0.15, 0.2) is 66.7 Å². The minimum Gasteiger partial charge on any atom is -0.294 e. The van der Waals surface area contributed by atoms with Crippen LogP contribution in [0.1, 0.15) is 27.7 Å². The van der Waals surface area contributed by atoms with Crippen LogP contribution in [0, 0.1) is 0 Å². The molecule has 0 fully saturated rings. The molecule has 1 aromatic heterocycles. The van der Waals surface area contributed by atoms with E-state index in [1.165, 1.54) is 16.7 Å². The third-order valence-corrected chi connectivity index (χ3v) is 4.69. The molecule has 2 aromatic carbocycles. The summed E-state index contributed by atoms with van der Waals surface area (Å²) >= 11 is 1.57. The highest BCUT2D eigenvalue weighted by molar-refractivity contribution is 7.17. The molecule has 0 N–H and O–H groups in total. The van der Waals surface area contributed by atoms with E-state index >= 15 is 0 Å². The molecule has 104 valence electrons. The second-order valence-electron chi connectivity index (χ2n) is 5.04. The summed E-state index contributed by atoms with van der Waals surface area (Å²) in [4.78, 5) is 13.5. The number of carbonyl (C=O) groups is 1. The van der Waals surface area contributed by atoms with Gasteiger partial charge in [-0.2, -0.15) is 0 Å². The van der Waals surface area contributed by atoms with Crippen LogP contribution in [-0.4, -0.2) is 5.78 Å². The highest BCUT2D eigenvalue weighted by Gasteiger charge is 2.10. The molecule has 1 nitrogen and oxygen atoms in total. The van der Waals surface area contributed by atoms with Gasteiger partial charge in [-0.05, 0) is 42.2 Å². The van der Waals surface area contributed by atoms with Crippen molar-refractivity contribution >= 4 is 17.1 Å². The molecule has 0 aliphatic carbocycles. The molecule has 2 heteroatoms. The summed E-state index contributed by atoms with van der Waals surface area (Å²) in [5.41, 5.74) is 3.81. The summed E-state index contributed by atoms with van der Waals surface area (Å²) in [6.45, 7) is 1.62. The third-order valence-electron chi connectivity index (χ3n) is 3.47. The summed E-state index contributed by atoms with van der Waals surface area (Å²) in [6, 6.07) is 22.8. The van der Waals surface area contributed by atoms with Crippen molar-refractivity contribution in [3.63, 3.8) is 0 Å². The van der Waals surface area contributed by atoms with Gasteiger partial charge in [0.1, 0.15) is 0 Å². The Labute approximate surface area is 128 Å². The van der Waals surface area contributed by atoms with E-state index in [2.05, 4.69) is 48.5 Å². The normalized spacial score (nSPS) is 10.5. The number of rotatable bonds is 4. The van der Waals surface area contributed by atoms with Crippen molar-refractivity contribution < 1.29 is 4.79 Å². The maximum atomic E-state index is 11.5. The van der Waals surface area contributed by atoms with E-state index in [-0.39, 0.29) is 5.78 Å². The molecule has 0 saturated carbocycles.